The van der Waals surface area contributed by atoms with E-state index in [9.17, 15) is 14.7 Å². The molecule has 0 saturated heterocycles. The van der Waals surface area contributed by atoms with Gasteiger partial charge in [0.05, 0.1) is 27.4 Å². The van der Waals surface area contributed by atoms with Crippen LogP contribution in [-0.4, -0.2) is 22.7 Å². The average molecular weight is 496 g/mol. The molecule has 29 heavy (non-hydrogen) atoms. The Hall–Kier alpha value is -2.15. The van der Waals surface area contributed by atoms with Gasteiger partial charge in [-0.3, -0.25) is 4.79 Å². The molecule has 1 atom stereocenters. The highest BCUT2D eigenvalue weighted by Gasteiger charge is 2.37. The van der Waals surface area contributed by atoms with Crippen molar-refractivity contribution in [2.24, 2.45) is 11.0 Å². The van der Waals surface area contributed by atoms with Gasteiger partial charge in [0.15, 0.2) is 0 Å². The number of nitrogens with zero attached hydrogens (tertiary/aromatic N) is 2. The van der Waals surface area contributed by atoms with E-state index in [1.165, 1.54) is 11.1 Å². The van der Waals surface area contributed by atoms with E-state index >= 15 is 0 Å². The number of benzene rings is 2. The second kappa shape index (κ2) is 9.11. The molecule has 1 unspecified atom stereocenters. The number of amides is 1. The number of hydrazone groups is 1. The molecule has 8 heteroatoms. The maximum absolute atomic E-state index is 13.0. The monoisotopic (exact) mass is 494 g/mol. The van der Waals surface area contributed by atoms with Crippen molar-refractivity contribution in [3.05, 3.63) is 68.1 Å². The van der Waals surface area contributed by atoms with Gasteiger partial charge in [-0.15, -0.1) is 0 Å². The van der Waals surface area contributed by atoms with Crippen LogP contribution >= 0.6 is 39.1 Å². The number of aliphatic carboxylic acids is 1. The number of halogens is 3. The van der Waals surface area contributed by atoms with Crippen molar-refractivity contribution in [1.29, 1.82) is 0 Å². The van der Waals surface area contributed by atoms with Crippen molar-refractivity contribution < 1.29 is 14.7 Å². The quantitative estimate of drug-likeness (QED) is 0.496. The zero-order valence-corrected chi connectivity index (χ0v) is 18.5. The molecule has 1 aliphatic heterocycles. The van der Waals surface area contributed by atoms with Crippen molar-refractivity contribution in [1.82, 2.24) is 0 Å². The number of carbonyl (C=O) groups is 2. The maximum atomic E-state index is 13.0. The van der Waals surface area contributed by atoms with Crippen molar-refractivity contribution in [2.75, 3.05) is 5.01 Å². The minimum atomic E-state index is -1.10. The third kappa shape index (κ3) is 4.89. The Bertz CT molecular complexity index is 1020. The molecule has 0 aromatic heterocycles. The Kier molecular flexibility index (Phi) is 6.77. The van der Waals surface area contributed by atoms with E-state index < -0.39 is 11.9 Å². The van der Waals surface area contributed by atoms with Gasteiger partial charge in [-0.2, -0.15) is 5.10 Å². The fraction of sp³-hybridized carbons (Fsp3) is 0.190. The van der Waals surface area contributed by atoms with Crippen LogP contribution in [0.4, 0.5) is 5.69 Å². The largest absolute Gasteiger partial charge is 0.478 e. The molecule has 0 fully saturated rings. The van der Waals surface area contributed by atoms with Crippen molar-refractivity contribution >= 4 is 68.5 Å². The van der Waals surface area contributed by atoms with Gasteiger partial charge in [-0.1, -0.05) is 52.1 Å². The molecular formula is C21H17BrCl2N2O3. The maximum Gasteiger partial charge on any atom is 0.331 e. The van der Waals surface area contributed by atoms with Crippen LogP contribution < -0.4 is 5.01 Å². The van der Waals surface area contributed by atoms with Crippen molar-refractivity contribution in [3.63, 3.8) is 0 Å². The summed E-state index contributed by atoms with van der Waals surface area (Å²) >= 11 is 15.3. The number of hydrogen-bond donors (Lipinski definition) is 1. The van der Waals surface area contributed by atoms with Crippen molar-refractivity contribution in [2.45, 2.75) is 19.8 Å². The molecule has 1 heterocycles. The first-order valence-electron chi connectivity index (χ1n) is 8.86. The summed E-state index contributed by atoms with van der Waals surface area (Å²) in [6.45, 7) is 1.90. The number of carboxylic acids is 1. The first-order valence-corrected chi connectivity index (χ1v) is 10.4. The van der Waals surface area contributed by atoms with E-state index in [1.54, 1.807) is 30.3 Å². The zero-order valence-electron chi connectivity index (χ0n) is 15.4. The molecule has 1 amide bonds. The van der Waals surface area contributed by atoms with Crippen LogP contribution in [0.1, 0.15) is 25.3 Å². The van der Waals surface area contributed by atoms with E-state index in [2.05, 4.69) is 21.0 Å². The fourth-order valence-corrected chi connectivity index (χ4v) is 3.63. The summed E-state index contributed by atoms with van der Waals surface area (Å²) in [7, 11) is 0. The standard InChI is InChI=1S/C21H17BrCl2N2O3/c1-2-19-16(20(27)26(25-19)15-6-4-14(22)5-7-15)11-13(21(28)29)9-12-3-8-17(23)18(24)10-12/h3-10,16H,2,11H2,1H3,(H,28,29). The van der Waals surface area contributed by atoms with E-state index in [4.69, 9.17) is 23.2 Å². The SMILES string of the molecule is CCC1=NN(c2ccc(Br)cc2)C(=O)C1CC(=Cc1ccc(Cl)c(Cl)c1)C(=O)O. The lowest BCUT2D eigenvalue weighted by atomic mass is 9.92. The van der Waals surface area contributed by atoms with Crippen LogP contribution in [-0.2, 0) is 9.59 Å². The topological polar surface area (TPSA) is 70.0 Å². The third-order valence-electron chi connectivity index (χ3n) is 4.55. The first kappa shape index (κ1) is 21.6. The predicted molar refractivity (Wildman–Crippen MR) is 120 cm³/mol. The Morgan fingerprint density at radius 2 is 1.90 bits per heavy atom. The van der Waals surface area contributed by atoms with E-state index in [-0.39, 0.29) is 17.9 Å². The minimum Gasteiger partial charge on any atom is -0.478 e. The smallest absolute Gasteiger partial charge is 0.331 e. The Morgan fingerprint density at radius 3 is 2.48 bits per heavy atom. The molecule has 0 aliphatic carbocycles. The second-order valence-electron chi connectivity index (χ2n) is 6.48. The summed E-state index contributed by atoms with van der Waals surface area (Å²) < 4.78 is 0.891. The lowest BCUT2D eigenvalue weighted by molar-refractivity contribution is -0.132. The lowest BCUT2D eigenvalue weighted by Crippen LogP contribution is -2.28. The molecule has 0 bridgehead atoms. The van der Waals surface area contributed by atoms with E-state index in [1.807, 2.05) is 19.1 Å². The zero-order chi connectivity index (χ0) is 21.1. The number of anilines is 1. The molecule has 2 aromatic rings. The van der Waals surface area contributed by atoms with E-state index in [0.717, 1.165) is 4.47 Å². The molecule has 1 aliphatic rings. The molecule has 0 radical (unpaired) electrons. The molecule has 3 rings (SSSR count). The third-order valence-corrected chi connectivity index (χ3v) is 5.82. The van der Waals surface area contributed by atoms with E-state index in [0.29, 0.717) is 33.4 Å². The Morgan fingerprint density at radius 1 is 1.21 bits per heavy atom. The van der Waals surface area contributed by atoms with Gasteiger partial charge in [-0.05, 0) is 60.9 Å². The van der Waals surface area contributed by atoms with Crippen LogP contribution in [0.3, 0.4) is 0 Å². The van der Waals surface area contributed by atoms with Crippen LogP contribution in [0, 0.1) is 5.92 Å². The van der Waals surface area contributed by atoms with Gasteiger partial charge in [0.2, 0.25) is 0 Å². The fourth-order valence-electron chi connectivity index (χ4n) is 3.06. The number of hydrogen-bond acceptors (Lipinski definition) is 3. The Labute approximate surface area is 186 Å². The van der Waals surface area contributed by atoms with Crippen molar-refractivity contribution in [3.8, 4) is 0 Å². The normalized spacial score (nSPS) is 16.9. The highest BCUT2D eigenvalue weighted by atomic mass is 79.9. The number of carboxylic acid groups (broad SMARTS) is 1. The van der Waals surface area contributed by atoms with Crippen LogP contribution in [0.15, 0.2) is 57.6 Å². The summed E-state index contributed by atoms with van der Waals surface area (Å²) in [4.78, 5) is 24.8. The van der Waals surface area contributed by atoms with Crippen LogP contribution in [0.5, 0.6) is 0 Å². The van der Waals surface area contributed by atoms with Gasteiger partial charge in [-0.25, -0.2) is 9.80 Å². The summed E-state index contributed by atoms with van der Waals surface area (Å²) in [5.74, 6) is -1.97. The molecule has 2 aromatic carbocycles. The van der Waals surface area contributed by atoms with Crippen LogP contribution in [0.2, 0.25) is 10.0 Å². The molecule has 0 spiro atoms. The van der Waals surface area contributed by atoms with Gasteiger partial charge in [0, 0.05) is 10.0 Å². The molecular weight excluding hydrogens is 479 g/mol. The average Bonchev–Trinajstić information content (AvgIpc) is 3.00. The van der Waals surface area contributed by atoms with Gasteiger partial charge in [0.25, 0.3) is 5.91 Å². The molecule has 5 nitrogen and oxygen atoms in total. The van der Waals surface area contributed by atoms with Gasteiger partial charge < -0.3 is 5.11 Å². The molecule has 0 saturated carbocycles. The lowest BCUT2D eigenvalue weighted by Gasteiger charge is -2.15. The minimum absolute atomic E-state index is 0.0358. The second-order valence-corrected chi connectivity index (χ2v) is 8.21. The summed E-state index contributed by atoms with van der Waals surface area (Å²) in [5.41, 5.74) is 1.98. The highest BCUT2D eigenvalue weighted by Crippen LogP contribution is 2.31. The Balaban J connectivity index is 1.89. The summed E-state index contributed by atoms with van der Waals surface area (Å²) in [5, 5.41) is 16.2. The molecule has 1 N–H and O–H groups in total. The van der Waals surface area contributed by atoms with Gasteiger partial charge >= 0.3 is 5.97 Å². The number of carbonyl (C=O) groups excluding carboxylic acids is 1. The summed E-state index contributed by atoms with van der Waals surface area (Å²) in [6, 6.07) is 12.1. The van der Waals surface area contributed by atoms with Gasteiger partial charge in [0.1, 0.15) is 0 Å². The predicted octanol–water partition coefficient (Wildman–Crippen LogP) is 6.04. The van der Waals surface area contributed by atoms with Crippen LogP contribution in [0.25, 0.3) is 6.08 Å². The number of rotatable bonds is 6. The highest BCUT2D eigenvalue weighted by molar-refractivity contribution is 9.10. The molecule has 150 valence electrons. The summed E-state index contributed by atoms with van der Waals surface area (Å²) in [6.07, 6.45) is 2.09. The first-order chi connectivity index (χ1) is 13.8.